The fourth-order valence-electron chi connectivity index (χ4n) is 2.64. The average Bonchev–Trinajstić information content (AvgIpc) is 3.09. The van der Waals surface area contributed by atoms with Gasteiger partial charge in [0.15, 0.2) is 22.8 Å². The van der Waals surface area contributed by atoms with Gasteiger partial charge >= 0.3 is 5.97 Å². The van der Waals surface area contributed by atoms with Gasteiger partial charge in [0, 0.05) is 0 Å². The van der Waals surface area contributed by atoms with Gasteiger partial charge in [-0.1, -0.05) is 6.07 Å². The van der Waals surface area contributed by atoms with Crippen LogP contribution in [0.1, 0.15) is 19.4 Å². The first-order valence-corrected chi connectivity index (χ1v) is 10.3. The number of amides is 1. The van der Waals surface area contributed by atoms with Gasteiger partial charge in [0.05, 0.1) is 24.3 Å². The molecule has 3 rings (SSSR count). The first-order chi connectivity index (χ1) is 14.9. The fourth-order valence-corrected chi connectivity index (χ4v) is 3.49. The predicted octanol–water partition coefficient (Wildman–Crippen LogP) is 3.84. The monoisotopic (exact) mass is 442 g/mol. The van der Waals surface area contributed by atoms with E-state index in [0.29, 0.717) is 39.4 Å². The Kier molecular flexibility index (Phi) is 7.19. The summed E-state index contributed by atoms with van der Waals surface area (Å²) in [6.07, 6.45) is 0.684. The van der Waals surface area contributed by atoms with Gasteiger partial charge in [-0.15, -0.1) is 0 Å². The number of thioether (sulfide) groups is 1. The van der Waals surface area contributed by atoms with E-state index in [9.17, 15) is 9.59 Å². The smallest absolute Gasteiger partial charge is 0.344 e. The van der Waals surface area contributed by atoms with Crippen molar-refractivity contribution in [3.8, 4) is 17.2 Å². The van der Waals surface area contributed by atoms with E-state index in [1.54, 1.807) is 24.3 Å². The van der Waals surface area contributed by atoms with Crippen molar-refractivity contribution in [1.82, 2.24) is 5.32 Å². The van der Waals surface area contributed by atoms with Gasteiger partial charge in [-0.3, -0.25) is 4.79 Å². The number of carbonyl (C=O) groups is 2. The number of hydrogen-bond acceptors (Lipinski definition) is 7. The van der Waals surface area contributed by atoms with Crippen molar-refractivity contribution in [1.29, 1.82) is 0 Å². The van der Waals surface area contributed by atoms with Crippen LogP contribution in [-0.4, -0.2) is 42.0 Å². The van der Waals surface area contributed by atoms with Crippen LogP contribution in [0.4, 0.5) is 5.69 Å². The van der Waals surface area contributed by atoms with Gasteiger partial charge in [0.25, 0.3) is 5.91 Å². The second-order valence-corrected chi connectivity index (χ2v) is 7.45. The maximum atomic E-state index is 12.3. The summed E-state index contributed by atoms with van der Waals surface area (Å²) in [6, 6.07) is 12.3. The minimum absolute atomic E-state index is 0.256. The largest absolute Gasteiger partial charge is 0.494 e. The van der Waals surface area contributed by atoms with Crippen LogP contribution in [0.15, 0.2) is 52.4 Å². The summed E-state index contributed by atoms with van der Waals surface area (Å²) in [5.74, 6) is 0.101. The molecule has 0 saturated carbocycles. The van der Waals surface area contributed by atoms with Crippen LogP contribution in [0, 0.1) is 0 Å². The normalized spacial score (nSPS) is 16.8. The molecule has 0 unspecified atom stereocenters. The Morgan fingerprint density at radius 2 is 1.97 bits per heavy atom. The van der Waals surface area contributed by atoms with E-state index in [4.69, 9.17) is 19.3 Å². The molecule has 1 fully saturated rings. The van der Waals surface area contributed by atoms with Gasteiger partial charge in [0.1, 0.15) is 5.75 Å². The highest BCUT2D eigenvalue weighted by Gasteiger charge is 2.24. The van der Waals surface area contributed by atoms with Crippen molar-refractivity contribution in [2.75, 3.05) is 13.7 Å². The quantitative estimate of drug-likeness (QED) is 0.598. The number of carboxylic acid groups (broad SMARTS) is 1. The molecular formula is C22H22N2O6S. The third-order valence-electron chi connectivity index (χ3n) is 4.17. The van der Waals surface area contributed by atoms with Crippen LogP contribution in [-0.2, 0) is 9.59 Å². The van der Waals surface area contributed by atoms with Crippen molar-refractivity contribution in [2.45, 2.75) is 20.0 Å². The summed E-state index contributed by atoms with van der Waals surface area (Å²) in [5, 5.41) is 12.2. The van der Waals surface area contributed by atoms with Crippen LogP contribution < -0.4 is 19.5 Å². The summed E-state index contributed by atoms with van der Waals surface area (Å²) in [4.78, 5) is 28.3. The van der Waals surface area contributed by atoms with Crippen LogP contribution in [0.5, 0.6) is 17.2 Å². The number of nitrogens with one attached hydrogen (secondary N) is 1. The average molecular weight is 442 g/mol. The Hall–Kier alpha value is -3.46. The van der Waals surface area contributed by atoms with E-state index in [0.717, 1.165) is 5.75 Å². The molecule has 1 atom stereocenters. The molecular weight excluding hydrogens is 420 g/mol. The zero-order valence-electron chi connectivity index (χ0n) is 17.2. The molecule has 2 aromatic rings. The highest BCUT2D eigenvalue weighted by molar-refractivity contribution is 8.18. The number of amidine groups is 1. The summed E-state index contributed by atoms with van der Waals surface area (Å²) >= 11 is 1.22. The van der Waals surface area contributed by atoms with Crippen molar-refractivity contribution >= 4 is 40.6 Å². The van der Waals surface area contributed by atoms with Crippen LogP contribution in [0.25, 0.3) is 6.08 Å². The van der Waals surface area contributed by atoms with Crippen molar-refractivity contribution in [3.05, 3.63) is 52.9 Å². The molecule has 162 valence electrons. The minimum Gasteiger partial charge on any atom is -0.494 e. The zero-order chi connectivity index (χ0) is 22.4. The first kappa shape index (κ1) is 22.2. The molecule has 1 amide bonds. The molecule has 0 spiro atoms. The Labute approximate surface area is 183 Å². The molecule has 8 nitrogen and oxygen atoms in total. The molecule has 0 aliphatic carbocycles. The van der Waals surface area contributed by atoms with Gasteiger partial charge in [-0.05, 0) is 73.6 Å². The van der Waals surface area contributed by atoms with E-state index >= 15 is 0 Å². The molecule has 2 aromatic carbocycles. The number of rotatable bonds is 8. The second-order valence-electron chi connectivity index (χ2n) is 6.42. The van der Waals surface area contributed by atoms with E-state index in [2.05, 4.69) is 10.3 Å². The highest BCUT2D eigenvalue weighted by Crippen LogP contribution is 2.33. The van der Waals surface area contributed by atoms with Crippen LogP contribution >= 0.6 is 11.8 Å². The molecule has 31 heavy (non-hydrogen) atoms. The standard InChI is InChI=1S/C22H22N2O6S/c1-4-29-16-8-6-15(7-9-16)23-22-24-20(25)19(31-22)12-14-5-10-17(18(11-14)28-3)30-13(2)21(26)27/h5-13H,4H2,1-3H3,(H,26,27)(H,23,24,25)/b19-12-/t13-/m1/s1. The molecule has 1 heterocycles. The Morgan fingerprint density at radius 1 is 1.23 bits per heavy atom. The van der Waals surface area contributed by atoms with Crippen LogP contribution in [0.2, 0.25) is 0 Å². The molecule has 1 saturated heterocycles. The number of ether oxygens (including phenoxy) is 3. The van der Waals surface area contributed by atoms with Crippen molar-refractivity contribution in [2.24, 2.45) is 4.99 Å². The van der Waals surface area contributed by atoms with E-state index in [1.165, 1.54) is 25.8 Å². The third-order valence-corrected chi connectivity index (χ3v) is 5.08. The lowest BCUT2D eigenvalue weighted by Crippen LogP contribution is -2.23. The van der Waals surface area contributed by atoms with Crippen molar-refractivity contribution < 1.29 is 28.9 Å². The molecule has 2 N–H and O–H groups in total. The maximum Gasteiger partial charge on any atom is 0.344 e. The number of benzene rings is 2. The molecule has 0 radical (unpaired) electrons. The van der Waals surface area contributed by atoms with Gasteiger partial charge in [-0.25, -0.2) is 9.79 Å². The number of carbonyl (C=O) groups excluding carboxylic acids is 1. The maximum absolute atomic E-state index is 12.3. The summed E-state index contributed by atoms with van der Waals surface area (Å²) in [5.41, 5.74) is 1.40. The summed E-state index contributed by atoms with van der Waals surface area (Å²) < 4.78 is 16.1. The zero-order valence-corrected chi connectivity index (χ0v) is 18.1. The lowest BCUT2D eigenvalue weighted by molar-refractivity contribution is -0.144. The summed E-state index contributed by atoms with van der Waals surface area (Å²) in [6.45, 7) is 3.94. The minimum atomic E-state index is -1.08. The van der Waals surface area contributed by atoms with E-state index in [1.807, 2.05) is 31.2 Å². The Bertz CT molecular complexity index is 1030. The SMILES string of the molecule is CCOc1ccc(N=C2NC(=O)/C(=C/c3ccc(O[C@H](C)C(=O)O)c(OC)c3)S2)cc1. The number of aliphatic imine (C=N–C) groups is 1. The number of hydrogen-bond donors (Lipinski definition) is 2. The Morgan fingerprint density at radius 3 is 2.61 bits per heavy atom. The van der Waals surface area contributed by atoms with E-state index < -0.39 is 12.1 Å². The van der Waals surface area contributed by atoms with Gasteiger partial charge in [-0.2, -0.15) is 0 Å². The fraction of sp³-hybridized carbons (Fsp3) is 0.227. The molecule has 9 heteroatoms. The molecule has 0 bridgehead atoms. The molecule has 1 aliphatic heterocycles. The predicted molar refractivity (Wildman–Crippen MR) is 119 cm³/mol. The topological polar surface area (TPSA) is 106 Å². The number of aliphatic carboxylic acids is 1. The van der Waals surface area contributed by atoms with E-state index in [-0.39, 0.29) is 5.91 Å². The summed E-state index contributed by atoms with van der Waals surface area (Å²) in [7, 11) is 1.46. The van der Waals surface area contributed by atoms with Gasteiger partial charge < -0.3 is 24.6 Å². The lowest BCUT2D eigenvalue weighted by Gasteiger charge is -2.14. The molecule has 0 aromatic heterocycles. The number of nitrogens with zero attached hydrogens (tertiary/aromatic N) is 1. The number of methoxy groups -OCH3 is 1. The third kappa shape index (κ3) is 5.79. The Balaban J connectivity index is 1.76. The second kappa shape index (κ2) is 10.0. The highest BCUT2D eigenvalue weighted by atomic mass is 32.2. The van der Waals surface area contributed by atoms with Crippen molar-refractivity contribution in [3.63, 3.8) is 0 Å². The first-order valence-electron chi connectivity index (χ1n) is 9.49. The molecule has 1 aliphatic rings. The van der Waals surface area contributed by atoms with Crippen LogP contribution in [0.3, 0.4) is 0 Å². The van der Waals surface area contributed by atoms with Gasteiger partial charge in [0.2, 0.25) is 0 Å². The lowest BCUT2D eigenvalue weighted by atomic mass is 10.2. The number of carboxylic acids is 1.